The SMILES string of the molecule is CC(C)NC(=O)c1ccnc(C(=O)Nc2ccc(Oc3ccccc3)cc2)c1. The van der Waals surface area contributed by atoms with E-state index < -0.39 is 5.91 Å². The molecule has 0 fully saturated rings. The Morgan fingerprint density at radius 3 is 2.25 bits per heavy atom. The fraction of sp³-hybridized carbons (Fsp3) is 0.136. The van der Waals surface area contributed by atoms with Gasteiger partial charge >= 0.3 is 0 Å². The van der Waals surface area contributed by atoms with Crippen LogP contribution in [0.3, 0.4) is 0 Å². The van der Waals surface area contributed by atoms with E-state index in [1.807, 2.05) is 44.2 Å². The minimum absolute atomic E-state index is 0.00885. The summed E-state index contributed by atoms with van der Waals surface area (Å²) in [6.07, 6.45) is 1.45. The first-order chi connectivity index (χ1) is 13.5. The Labute approximate surface area is 163 Å². The minimum Gasteiger partial charge on any atom is -0.457 e. The molecule has 0 spiro atoms. The van der Waals surface area contributed by atoms with Gasteiger partial charge in [0.1, 0.15) is 17.2 Å². The van der Waals surface area contributed by atoms with Gasteiger partial charge in [-0.2, -0.15) is 0 Å². The number of rotatable bonds is 6. The Hall–Kier alpha value is -3.67. The van der Waals surface area contributed by atoms with E-state index in [4.69, 9.17) is 4.74 Å². The second kappa shape index (κ2) is 8.81. The molecule has 28 heavy (non-hydrogen) atoms. The van der Waals surface area contributed by atoms with Crippen molar-refractivity contribution in [3.63, 3.8) is 0 Å². The summed E-state index contributed by atoms with van der Waals surface area (Å²) in [5, 5.41) is 5.56. The van der Waals surface area contributed by atoms with Gasteiger partial charge < -0.3 is 15.4 Å². The fourth-order valence-electron chi connectivity index (χ4n) is 2.47. The lowest BCUT2D eigenvalue weighted by Crippen LogP contribution is -2.30. The number of aromatic nitrogens is 1. The van der Waals surface area contributed by atoms with Gasteiger partial charge in [0, 0.05) is 23.5 Å². The van der Waals surface area contributed by atoms with Gasteiger partial charge in [0.25, 0.3) is 11.8 Å². The molecule has 0 aliphatic rings. The van der Waals surface area contributed by atoms with Crippen LogP contribution in [0.5, 0.6) is 11.5 Å². The molecule has 2 aromatic carbocycles. The number of amides is 2. The van der Waals surface area contributed by atoms with E-state index in [0.29, 0.717) is 17.0 Å². The Bertz CT molecular complexity index is 954. The Morgan fingerprint density at radius 2 is 1.57 bits per heavy atom. The fourth-order valence-corrected chi connectivity index (χ4v) is 2.47. The summed E-state index contributed by atoms with van der Waals surface area (Å²) in [5.41, 5.74) is 1.16. The molecule has 0 unspecified atom stereocenters. The highest BCUT2D eigenvalue weighted by Crippen LogP contribution is 2.22. The molecule has 2 amide bonds. The van der Waals surface area contributed by atoms with Gasteiger partial charge in [0.15, 0.2) is 0 Å². The summed E-state index contributed by atoms with van der Waals surface area (Å²) in [4.78, 5) is 28.6. The first-order valence-corrected chi connectivity index (χ1v) is 8.92. The van der Waals surface area contributed by atoms with Crippen LogP contribution in [0.25, 0.3) is 0 Å². The molecular weight excluding hydrogens is 354 g/mol. The summed E-state index contributed by atoms with van der Waals surface area (Å²) >= 11 is 0. The van der Waals surface area contributed by atoms with E-state index >= 15 is 0 Å². The van der Waals surface area contributed by atoms with Crippen LogP contribution in [0.1, 0.15) is 34.7 Å². The number of para-hydroxylation sites is 1. The largest absolute Gasteiger partial charge is 0.457 e. The maximum atomic E-state index is 12.5. The van der Waals surface area contributed by atoms with Gasteiger partial charge in [-0.05, 0) is 62.4 Å². The number of ether oxygens (including phenoxy) is 1. The van der Waals surface area contributed by atoms with Crippen LogP contribution in [-0.2, 0) is 0 Å². The number of carbonyl (C=O) groups excluding carboxylic acids is 2. The predicted molar refractivity (Wildman–Crippen MR) is 108 cm³/mol. The molecule has 2 N–H and O–H groups in total. The van der Waals surface area contributed by atoms with Crippen molar-refractivity contribution in [3.8, 4) is 11.5 Å². The maximum Gasteiger partial charge on any atom is 0.274 e. The highest BCUT2D eigenvalue weighted by Gasteiger charge is 2.13. The lowest BCUT2D eigenvalue weighted by molar-refractivity contribution is 0.0943. The van der Waals surface area contributed by atoms with Crippen molar-refractivity contribution in [2.24, 2.45) is 0 Å². The number of benzene rings is 2. The first kappa shape index (κ1) is 19.1. The summed E-state index contributed by atoms with van der Waals surface area (Å²) in [6, 6.07) is 19.5. The Morgan fingerprint density at radius 1 is 0.893 bits per heavy atom. The molecular formula is C22H21N3O3. The van der Waals surface area contributed by atoms with Gasteiger partial charge in [-0.25, -0.2) is 0 Å². The molecule has 6 nitrogen and oxygen atoms in total. The molecule has 0 aliphatic heterocycles. The van der Waals surface area contributed by atoms with Gasteiger partial charge in [-0.3, -0.25) is 14.6 Å². The number of hydrogen-bond donors (Lipinski definition) is 2. The Balaban J connectivity index is 1.65. The molecule has 0 atom stereocenters. The quantitative estimate of drug-likeness (QED) is 0.674. The molecule has 0 aliphatic carbocycles. The molecule has 1 heterocycles. The highest BCUT2D eigenvalue weighted by molar-refractivity contribution is 6.04. The monoisotopic (exact) mass is 375 g/mol. The van der Waals surface area contributed by atoms with Crippen LogP contribution in [0.2, 0.25) is 0 Å². The van der Waals surface area contributed by atoms with Crippen molar-refractivity contribution >= 4 is 17.5 Å². The number of nitrogens with zero attached hydrogens (tertiary/aromatic N) is 1. The van der Waals surface area contributed by atoms with E-state index in [0.717, 1.165) is 5.75 Å². The molecule has 1 aromatic heterocycles. The van der Waals surface area contributed by atoms with Crippen LogP contribution < -0.4 is 15.4 Å². The lowest BCUT2D eigenvalue weighted by atomic mass is 10.2. The van der Waals surface area contributed by atoms with E-state index in [1.165, 1.54) is 12.3 Å². The predicted octanol–water partition coefficient (Wildman–Crippen LogP) is 4.26. The van der Waals surface area contributed by atoms with Crippen LogP contribution in [0.15, 0.2) is 72.9 Å². The number of nitrogens with one attached hydrogen (secondary N) is 2. The number of anilines is 1. The number of carbonyl (C=O) groups is 2. The normalized spacial score (nSPS) is 10.4. The zero-order chi connectivity index (χ0) is 19.9. The lowest BCUT2D eigenvalue weighted by Gasteiger charge is -2.10. The summed E-state index contributed by atoms with van der Waals surface area (Å²) in [7, 11) is 0. The van der Waals surface area contributed by atoms with Gasteiger partial charge in [0.05, 0.1) is 0 Å². The molecule has 3 rings (SSSR count). The van der Waals surface area contributed by atoms with Gasteiger partial charge in [-0.1, -0.05) is 18.2 Å². The summed E-state index contributed by atoms with van der Waals surface area (Å²) in [5.74, 6) is 0.763. The van der Waals surface area contributed by atoms with E-state index in [-0.39, 0.29) is 17.6 Å². The second-order valence-corrected chi connectivity index (χ2v) is 6.45. The molecule has 142 valence electrons. The topological polar surface area (TPSA) is 80.3 Å². The zero-order valence-electron chi connectivity index (χ0n) is 15.7. The van der Waals surface area contributed by atoms with Crippen molar-refractivity contribution in [3.05, 3.63) is 84.2 Å². The molecule has 0 radical (unpaired) electrons. The van der Waals surface area contributed by atoms with E-state index in [2.05, 4.69) is 15.6 Å². The van der Waals surface area contributed by atoms with Crippen molar-refractivity contribution in [1.82, 2.24) is 10.3 Å². The number of hydrogen-bond acceptors (Lipinski definition) is 4. The average molecular weight is 375 g/mol. The van der Waals surface area contributed by atoms with Crippen LogP contribution in [0.4, 0.5) is 5.69 Å². The third kappa shape index (κ3) is 5.17. The maximum absolute atomic E-state index is 12.5. The highest BCUT2D eigenvalue weighted by atomic mass is 16.5. The van der Waals surface area contributed by atoms with Crippen LogP contribution >= 0.6 is 0 Å². The summed E-state index contributed by atoms with van der Waals surface area (Å²) < 4.78 is 5.73. The standard InChI is InChI=1S/C22H21N3O3/c1-15(2)24-21(26)16-12-13-23-20(14-16)22(27)25-17-8-10-19(11-9-17)28-18-6-4-3-5-7-18/h3-15H,1-2H3,(H,24,26)(H,25,27). The van der Waals surface area contributed by atoms with Crippen molar-refractivity contribution < 1.29 is 14.3 Å². The van der Waals surface area contributed by atoms with Gasteiger partial charge in [0.2, 0.25) is 0 Å². The first-order valence-electron chi connectivity index (χ1n) is 8.92. The van der Waals surface area contributed by atoms with Gasteiger partial charge in [-0.15, -0.1) is 0 Å². The molecule has 6 heteroatoms. The minimum atomic E-state index is -0.393. The van der Waals surface area contributed by atoms with Crippen LogP contribution in [-0.4, -0.2) is 22.8 Å². The summed E-state index contributed by atoms with van der Waals surface area (Å²) in [6.45, 7) is 3.75. The van der Waals surface area contributed by atoms with Crippen LogP contribution in [0, 0.1) is 0 Å². The van der Waals surface area contributed by atoms with Crippen molar-refractivity contribution in [1.29, 1.82) is 0 Å². The third-order valence-electron chi connectivity index (χ3n) is 3.77. The van der Waals surface area contributed by atoms with E-state index in [1.54, 1.807) is 30.3 Å². The number of pyridine rings is 1. The molecule has 0 saturated carbocycles. The zero-order valence-corrected chi connectivity index (χ0v) is 15.7. The smallest absolute Gasteiger partial charge is 0.274 e. The molecule has 0 bridgehead atoms. The van der Waals surface area contributed by atoms with E-state index in [9.17, 15) is 9.59 Å². The second-order valence-electron chi connectivity index (χ2n) is 6.45. The average Bonchev–Trinajstić information content (AvgIpc) is 2.70. The van der Waals surface area contributed by atoms with Crippen molar-refractivity contribution in [2.75, 3.05) is 5.32 Å². The molecule has 3 aromatic rings. The molecule has 0 saturated heterocycles. The third-order valence-corrected chi connectivity index (χ3v) is 3.77. The van der Waals surface area contributed by atoms with Crippen molar-refractivity contribution in [2.45, 2.75) is 19.9 Å². The Kier molecular flexibility index (Phi) is 6.01.